The number of anilines is 3. The van der Waals surface area contributed by atoms with Gasteiger partial charge in [0.15, 0.2) is 0 Å². The number of rotatable bonds is 6. The summed E-state index contributed by atoms with van der Waals surface area (Å²) in [6.07, 6.45) is 2.79. The highest BCUT2D eigenvalue weighted by Crippen LogP contribution is 2.24. The second-order valence-corrected chi connectivity index (χ2v) is 5.98. The summed E-state index contributed by atoms with van der Waals surface area (Å²) in [6.45, 7) is 0. The molecule has 2 N–H and O–H groups in total. The second-order valence-electron chi connectivity index (χ2n) is 5.57. The van der Waals surface area contributed by atoms with Crippen LogP contribution < -0.4 is 10.6 Å². The first-order valence-corrected chi connectivity index (χ1v) is 8.40. The van der Waals surface area contributed by atoms with Crippen LogP contribution in [-0.4, -0.2) is 10.9 Å². The van der Waals surface area contributed by atoms with Gasteiger partial charge in [0, 0.05) is 6.42 Å². The molecular formula is C20H18ClN3O. The summed E-state index contributed by atoms with van der Waals surface area (Å²) in [5, 5.41) is 6.64. The minimum atomic E-state index is -0.0526. The summed E-state index contributed by atoms with van der Waals surface area (Å²) in [5.74, 6) is 0.478. The van der Waals surface area contributed by atoms with Crippen LogP contribution in [0.4, 0.5) is 17.2 Å². The third-order valence-electron chi connectivity index (χ3n) is 3.67. The van der Waals surface area contributed by atoms with Gasteiger partial charge in [-0.1, -0.05) is 54.1 Å². The first-order valence-electron chi connectivity index (χ1n) is 8.02. The fourth-order valence-corrected chi connectivity index (χ4v) is 2.55. The fraction of sp³-hybridized carbons (Fsp3) is 0.100. The van der Waals surface area contributed by atoms with E-state index in [-0.39, 0.29) is 5.91 Å². The SMILES string of the molecule is O=C(CCc1ccccc1)Nc1ccc(Nc2ccccc2Cl)cn1. The van der Waals surface area contributed by atoms with Crippen molar-refractivity contribution in [2.24, 2.45) is 0 Å². The largest absolute Gasteiger partial charge is 0.353 e. The van der Waals surface area contributed by atoms with Crippen LogP contribution in [0.2, 0.25) is 5.02 Å². The molecule has 0 fully saturated rings. The zero-order valence-electron chi connectivity index (χ0n) is 13.6. The molecule has 1 aromatic heterocycles. The first kappa shape index (κ1) is 17.0. The molecule has 0 saturated carbocycles. The third kappa shape index (κ3) is 5.06. The summed E-state index contributed by atoms with van der Waals surface area (Å²) >= 11 is 6.12. The highest BCUT2D eigenvalue weighted by Gasteiger charge is 2.05. The number of carbonyl (C=O) groups excluding carboxylic acids is 1. The molecule has 3 rings (SSSR count). The van der Waals surface area contributed by atoms with Gasteiger partial charge in [-0.05, 0) is 36.2 Å². The Morgan fingerprint density at radius 3 is 2.44 bits per heavy atom. The van der Waals surface area contributed by atoms with Gasteiger partial charge < -0.3 is 10.6 Å². The van der Waals surface area contributed by atoms with Gasteiger partial charge in [0.25, 0.3) is 0 Å². The van der Waals surface area contributed by atoms with Crippen molar-refractivity contribution in [3.8, 4) is 0 Å². The second kappa shape index (κ2) is 8.31. The molecule has 0 bridgehead atoms. The average Bonchev–Trinajstić information content (AvgIpc) is 2.64. The van der Waals surface area contributed by atoms with E-state index in [9.17, 15) is 4.79 Å². The van der Waals surface area contributed by atoms with Crippen LogP contribution in [0.1, 0.15) is 12.0 Å². The monoisotopic (exact) mass is 351 g/mol. The minimum absolute atomic E-state index is 0.0526. The summed E-state index contributed by atoms with van der Waals surface area (Å²) in [4.78, 5) is 16.3. The molecule has 0 atom stereocenters. The number of para-hydroxylation sites is 1. The number of aromatic nitrogens is 1. The van der Waals surface area contributed by atoms with Gasteiger partial charge in [-0.25, -0.2) is 4.98 Å². The number of amides is 1. The number of hydrogen-bond acceptors (Lipinski definition) is 3. The lowest BCUT2D eigenvalue weighted by atomic mass is 10.1. The first-order chi connectivity index (χ1) is 12.2. The van der Waals surface area contributed by atoms with Crippen LogP contribution in [0, 0.1) is 0 Å². The van der Waals surface area contributed by atoms with Crippen molar-refractivity contribution < 1.29 is 4.79 Å². The Hall–Kier alpha value is -2.85. The Labute approximate surface area is 151 Å². The summed E-state index contributed by atoms with van der Waals surface area (Å²) in [5.41, 5.74) is 2.76. The smallest absolute Gasteiger partial charge is 0.225 e. The van der Waals surface area contributed by atoms with Gasteiger partial charge in [-0.15, -0.1) is 0 Å². The molecular weight excluding hydrogens is 334 g/mol. The van der Waals surface area contributed by atoms with Crippen LogP contribution in [-0.2, 0) is 11.2 Å². The van der Waals surface area contributed by atoms with E-state index in [4.69, 9.17) is 11.6 Å². The normalized spacial score (nSPS) is 10.3. The fourth-order valence-electron chi connectivity index (χ4n) is 2.37. The molecule has 5 heteroatoms. The van der Waals surface area contributed by atoms with E-state index >= 15 is 0 Å². The molecule has 0 saturated heterocycles. The van der Waals surface area contributed by atoms with Gasteiger partial charge in [-0.2, -0.15) is 0 Å². The number of carbonyl (C=O) groups is 1. The van der Waals surface area contributed by atoms with Gasteiger partial charge in [0.1, 0.15) is 5.82 Å². The zero-order valence-corrected chi connectivity index (χ0v) is 14.3. The highest BCUT2D eigenvalue weighted by atomic mass is 35.5. The lowest BCUT2D eigenvalue weighted by Crippen LogP contribution is -2.13. The van der Waals surface area contributed by atoms with Gasteiger partial charge >= 0.3 is 0 Å². The van der Waals surface area contributed by atoms with Crippen molar-refractivity contribution in [3.05, 3.63) is 83.5 Å². The Morgan fingerprint density at radius 1 is 0.960 bits per heavy atom. The quantitative estimate of drug-likeness (QED) is 0.653. The van der Waals surface area contributed by atoms with E-state index in [1.54, 1.807) is 12.3 Å². The molecule has 2 aromatic carbocycles. The Balaban J connectivity index is 1.53. The lowest BCUT2D eigenvalue weighted by Gasteiger charge is -2.09. The maximum Gasteiger partial charge on any atom is 0.225 e. The molecule has 1 heterocycles. The van der Waals surface area contributed by atoms with Crippen LogP contribution >= 0.6 is 11.6 Å². The molecule has 0 radical (unpaired) electrons. The predicted octanol–water partition coefficient (Wildman–Crippen LogP) is 5.05. The number of hydrogen-bond donors (Lipinski definition) is 2. The molecule has 0 aliphatic heterocycles. The standard InChI is InChI=1S/C20H18ClN3O/c21-17-8-4-5-9-18(17)23-16-11-12-19(22-14-16)24-20(25)13-10-15-6-2-1-3-7-15/h1-9,11-12,14,23H,10,13H2,(H,22,24,25). The van der Waals surface area contributed by atoms with Gasteiger partial charge in [-0.3, -0.25) is 4.79 Å². The third-order valence-corrected chi connectivity index (χ3v) is 4.00. The Bertz CT molecular complexity index is 835. The number of pyridine rings is 1. The van der Waals surface area contributed by atoms with Crippen molar-refractivity contribution in [1.82, 2.24) is 4.98 Å². The van der Waals surface area contributed by atoms with Crippen LogP contribution in [0.5, 0.6) is 0 Å². The number of halogens is 1. The molecule has 0 aliphatic rings. The average molecular weight is 352 g/mol. The molecule has 25 heavy (non-hydrogen) atoms. The molecule has 0 aliphatic carbocycles. The van der Waals surface area contributed by atoms with E-state index < -0.39 is 0 Å². The Morgan fingerprint density at radius 2 is 1.72 bits per heavy atom. The van der Waals surface area contributed by atoms with E-state index in [1.165, 1.54) is 0 Å². The van der Waals surface area contributed by atoms with Crippen molar-refractivity contribution in [2.75, 3.05) is 10.6 Å². The maximum absolute atomic E-state index is 12.0. The van der Waals surface area contributed by atoms with Crippen LogP contribution in [0.15, 0.2) is 72.9 Å². The van der Waals surface area contributed by atoms with E-state index in [2.05, 4.69) is 15.6 Å². The van der Waals surface area contributed by atoms with Crippen molar-refractivity contribution >= 4 is 34.7 Å². The van der Waals surface area contributed by atoms with Crippen LogP contribution in [0.25, 0.3) is 0 Å². The summed E-state index contributed by atoms with van der Waals surface area (Å²) < 4.78 is 0. The number of nitrogens with one attached hydrogen (secondary N) is 2. The Kier molecular flexibility index (Phi) is 5.65. The highest BCUT2D eigenvalue weighted by molar-refractivity contribution is 6.33. The van der Waals surface area contributed by atoms with E-state index in [1.807, 2.05) is 60.7 Å². The van der Waals surface area contributed by atoms with Gasteiger partial charge in [0.05, 0.1) is 22.6 Å². The molecule has 4 nitrogen and oxygen atoms in total. The number of nitrogens with zero attached hydrogens (tertiary/aromatic N) is 1. The topological polar surface area (TPSA) is 54.0 Å². The molecule has 126 valence electrons. The van der Waals surface area contributed by atoms with Crippen molar-refractivity contribution in [2.45, 2.75) is 12.8 Å². The van der Waals surface area contributed by atoms with Crippen molar-refractivity contribution in [1.29, 1.82) is 0 Å². The zero-order chi connectivity index (χ0) is 17.5. The van der Waals surface area contributed by atoms with Gasteiger partial charge in [0.2, 0.25) is 5.91 Å². The number of benzene rings is 2. The minimum Gasteiger partial charge on any atom is -0.353 e. The summed E-state index contributed by atoms with van der Waals surface area (Å²) in [7, 11) is 0. The van der Waals surface area contributed by atoms with Crippen molar-refractivity contribution in [3.63, 3.8) is 0 Å². The lowest BCUT2D eigenvalue weighted by molar-refractivity contribution is -0.116. The summed E-state index contributed by atoms with van der Waals surface area (Å²) in [6, 6.07) is 21.0. The molecule has 0 unspecified atom stereocenters. The number of aryl methyl sites for hydroxylation is 1. The molecule has 0 spiro atoms. The van der Waals surface area contributed by atoms with E-state index in [0.717, 1.165) is 16.9 Å². The molecule has 3 aromatic rings. The predicted molar refractivity (Wildman–Crippen MR) is 102 cm³/mol. The van der Waals surface area contributed by atoms with Crippen LogP contribution in [0.3, 0.4) is 0 Å². The molecule has 1 amide bonds. The maximum atomic E-state index is 12.0. The van der Waals surface area contributed by atoms with E-state index in [0.29, 0.717) is 23.7 Å².